The number of hydrogen-bond donors (Lipinski definition) is 11. The van der Waals surface area contributed by atoms with Crippen LogP contribution in [-0.2, 0) is 33.6 Å². The number of carboxylic acid groups (broad SMARTS) is 2. The van der Waals surface area contributed by atoms with E-state index in [9.17, 15) is 33.6 Å². The van der Waals surface area contributed by atoms with Crippen molar-refractivity contribution in [3.8, 4) is 0 Å². The fraction of sp³-hybridized carbons (Fsp3) is 0.600. The second-order valence-corrected chi connectivity index (χ2v) is 8.16. The summed E-state index contributed by atoms with van der Waals surface area (Å²) in [5.41, 5.74) is 15.8. The topological polar surface area (TPSA) is 322 Å². The zero-order chi connectivity index (χ0) is 29.4. The molecule has 4 atom stereocenters. The number of carbonyl (C=O) groups excluding carboxylic acids is 5. The first kappa shape index (κ1) is 33.5. The SMILES string of the molecule is C[C@H](N)C(=O)N[C@@H](CCC(=O)O)C(=O)N[C@@H](CC(=O)O)C(=O)NCC(=O)N[C@@H](CCCNC(=N)N)C(N)=O. The minimum atomic E-state index is -1.70. The molecule has 0 aromatic rings. The van der Waals surface area contributed by atoms with E-state index in [1.165, 1.54) is 6.92 Å². The number of carbonyl (C=O) groups is 7. The maximum atomic E-state index is 12.6. The minimum Gasteiger partial charge on any atom is -0.481 e. The smallest absolute Gasteiger partial charge is 0.305 e. The summed E-state index contributed by atoms with van der Waals surface area (Å²) in [6.45, 7) is 0.851. The number of amides is 5. The maximum absolute atomic E-state index is 12.6. The van der Waals surface area contributed by atoms with Gasteiger partial charge in [-0.25, -0.2) is 0 Å². The van der Waals surface area contributed by atoms with Crippen molar-refractivity contribution in [1.29, 1.82) is 5.41 Å². The van der Waals surface area contributed by atoms with Crippen LogP contribution in [0.3, 0.4) is 0 Å². The molecule has 0 bridgehead atoms. The van der Waals surface area contributed by atoms with E-state index in [1.54, 1.807) is 0 Å². The number of hydrogen-bond acceptors (Lipinski definition) is 9. The molecule has 14 N–H and O–H groups in total. The van der Waals surface area contributed by atoms with Crippen LogP contribution in [0.15, 0.2) is 0 Å². The van der Waals surface area contributed by atoms with Crippen molar-refractivity contribution in [3.63, 3.8) is 0 Å². The number of primary amides is 1. The van der Waals surface area contributed by atoms with E-state index in [-0.39, 0.29) is 25.3 Å². The van der Waals surface area contributed by atoms with Gasteiger partial charge in [-0.1, -0.05) is 0 Å². The van der Waals surface area contributed by atoms with Gasteiger partial charge in [0.2, 0.25) is 29.5 Å². The fourth-order valence-corrected chi connectivity index (χ4v) is 2.85. The third kappa shape index (κ3) is 14.8. The van der Waals surface area contributed by atoms with E-state index in [4.69, 9.17) is 32.8 Å². The van der Waals surface area contributed by atoms with Gasteiger partial charge in [0.25, 0.3) is 0 Å². The predicted molar refractivity (Wildman–Crippen MR) is 130 cm³/mol. The van der Waals surface area contributed by atoms with Crippen molar-refractivity contribution < 1.29 is 43.8 Å². The molecule has 18 heteroatoms. The first-order chi connectivity index (χ1) is 17.6. The molecule has 0 unspecified atom stereocenters. The highest BCUT2D eigenvalue weighted by Gasteiger charge is 2.29. The zero-order valence-corrected chi connectivity index (χ0v) is 20.7. The highest BCUT2D eigenvalue weighted by atomic mass is 16.4. The molecule has 0 aromatic carbocycles. The van der Waals surface area contributed by atoms with Crippen LogP contribution in [0.2, 0.25) is 0 Å². The molecule has 18 nitrogen and oxygen atoms in total. The van der Waals surface area contributed by atoms with E-state index in [0.717, 1.165) is 0 Å². The number of nitrogens with one attached hydrogen (secondary N) is 6. The lowest BCUT2D eigenvalue weighted by Gasteiger charge is -2.23. The first-order valence-electron chi connectivity index (χ1n) is 11.4. The number of carboxylic acids is 2. The molecule has 0 fully saturated rings. The lowest BCUT2D eigenvalue weighted by atomic mass is 10.1. The Balaban J connectivity index is 5.19. The van der Waals surface area contributed by atoms with E-state index in [0.29, 0.717) is 6.42 Å². The van der Waals surface area contributed by atoms with Gasteiger partial charge in [-0.2, -0.15) is 0 Å². The summed E-state index contributed by atoms with van der Waals surface area (Å²) in [6, 6.07) is -5.28. The van der Waals surface area contributed by atoms with Crippen molar-refractivity contribution in [2.75, 3.05) is 13.1 Å². The molecule has 0 rings (SSSR count). The Hall–Kier alpha value is -4.48. The van der Waals surface area contributed by atoms with E-state index in [2.05, 4.69) is 26.6 Å². The standard InChI is InChI=1S/C20H35N9O9/c1-9(21)17(36)28-11(4-5-14(31)32)19(38)29-12(7-15(33)34)18(37)26-8-13(30)27-10(16(22)35)3-2-6-25-20(23)24/h9-12H,2-8,21H2,1H3,(H2,22,35)(H,26,37)(H,27,30)(H,28,36)(H,29,38)(H,31,32)(H,33,34)(H4,23,24,25)/t9-,10-,11-,12-/m0/s1. The van der Waals surface area contributed by atoms with Crippen LogP contribution in [0.4, 0.5) is 0 Å². The van der Waals surface area contributed by atoms with Crippen LogP contribution in [0.1, 0.15) is 39.0 Å². The summed E-state index contributed by atoms with van der Waals surface area (Å²) in [6.07, 6.45) is -1.40. The highest BCUT2D eigenvalue weighted by molar-refractivity contribution is 5.96. The van der Waals surface area contributed by atoms with Gasteiger partial charge in [-0.15, -0.1) is 0 Å². The lowest BCUT2D eigenvalue weighted by molar-refractivity contribution is -0.141. The van der Waals surface area contributed by atoms with E-state index < -0.39 is 85.0 Å². The van der Waals surface area contributed by atoms with Crippen LogP contribution in [-0.4, -0.2) is 94.9 Å². The minimum absolute atomic E-state index is 0.0951. The Kier molecular flexibility index (Phi) is 15.0. The van der Waals surface area contributed by atoms with Crippen LogP contribution >= 0.6 is 0 Å². The van der Waals surface area contributed by atoms with Crippen LogP contribution in [0.25, 0.3) is 0 Å². The summed E-state index contributed by atoms with van der Waals surface area (Å²) in [4.78, 5) is 83.0. The average Bonchev–Trinajstić information content (AvgIpc) is 2.80. The Morgan fingerprint density at radius 3 is 1.89 bits per heavy atom. The van der Waals surface area contributed by atoms with Crippen molar-refractivity contribution in [3.05, 3.63) is 0 Å². The largest absolute Gasteiger partial charge is 0.481 e. The highest BCUT2D eigenvalue weighted by Crippen LogP contribution is 2.02. The molecule has 0 aliphatic carbocycles. The molecule has 0 aliphatic rings. The molecular formula is C20H35N9O9. The van der Waals surface area contributed by atoms with Gasteiger partial charge in [0.15, 0.2) is 5.96 Å². The molecule has 0 saturated carbocycles. The molecule has 0 aliphatic heterocycles. The molecule has 0 aromatic heterocycles. The van der Waals surface area contributed by atoms with Crippen molar-refractivity contribution >= 4 is 47.4 Å². The average molecular weight is 546 g/mol. The Morgan fingerprint density at radius 1 is 0.789 bits per heavy atom. The summed E-state index contributed by atoms with van der Waals surface area (Å²) >= 11 is 0. The normalized spacial score (nSPS) is 13.5. The number of aliphatic carboxylic acids is 2. The quantitative estimate of drug-likeness (QED) is 0.0438. The van der Waals surface area contributed by atoms with E-state index in [1.807, 2.05) is 0 Å². The summed E-state index contributed by atoms with van der Waals surface area (Å²) < 4.78 is 0. The number of nitrogens with two attached hydrogens (primary N) is 3. The second kappa shape index (κ2) is 17.1. The third-order valence-electron chi connectivity index (χ3n) is 4.79. The molecule has 0 spiro atoms. The number of guanidine groups is 1. The monoisotopic (exact) mass is 545 g/mol. The zero-order valence-electron chi connectivity index (χ0n) is 20.7. The van der Waals surface area contributed by atoms with Gasteiger partial charge in [0.1, 0.15) is 18.1 Å². The molecular weight excluding hydrogens is 510 g/mol. The summed E-state index contributed by atoms with van der Waals surface area (Å²) in [7, 11) is 0. The lowest BCUT2D eigenvalue weighted by Crippen LogP contribution is -2.56. The Labute approximate surface area is 217 Å². The predicted octanol–water partition coefficient (Wildman–Crippen LogP) is -5.01. The Morgan fingerprint density at radius 2 is 1.39 bits per heavy atom. The first-order valence-corrected chi connectivity index (χ1v) is 11.4. The molecule has 0 saturated heterocycles. The van der Waals surface area contributed by atoms with Gasteiger partial charge in [-0.3, -0.25) is 39.0 Å². The van der Waals surface area contributed by atoms with Crippen LogP contribution in [0.5, 0.6) is 0 Å². The molecule has 38 heavy (non-hydrogen) atoms. The second-order valence-electron chi connectivity index (χ2n) is 8.16. The van der Waals surface area contributed by atoms with Crippen molar-refractivity contribution in [1.82, 2.24) is 26.6 Å². The number of rotatable bonds is 18. The van der Waals surface area contributed by atoms with Gasteiger partial charge >= 0.3 is 11.9 Å². The van der Waals surface area contributed by atoms with Gasteiger partial charge in [-0.05, 0) is 26.2 Å². The van der Waals surface area contributed by atoms with Crippen molar-refractivity contribution in [2.45, 2.75) is 63.2 Å². The third-order valence-corrected chi connectivity index (χ3v) is 4.79. The van der Waals surface area contributed by atoms with Gasteiger partial charge in [0, 0.05) is 13.0 Å². The molecule has 0 radical (unpaired) electrons. The molecule has 214 valence electrons. The van der Waals surface area contributed by atoms with E-state index >= 15 is 0 Å². The maximum Gasteiger partial charge on any atom is 0.305 e. The molecule has 5 amide bonds. The van der Waals surface area contributed by atoms with Gasteiger partial charge in [0.05, 0.1) is 19.0 Å². The Bertz CT molecular complexity index is 910. The summed E-state index contributed by atoms with van der Waals surface area (Å²) in [5.74, 6) is -7.63. The van der Waals surface area contributed by atoms with Crippen molar-refractivity contribution in [2.24, 2.45) is 17.2 Å². The summed E-state index contributed by atoms with van der Waals surface area (Å²) in [5, 5.41) is 36.3. The fourth-order valence-electron chi connectivity index (χ4n) is 2.85. The van der Waals surface area contributed by atoms with Gasteiger partial charge < -0.3 is 54.0 Å². The molecule has 0 heterocycles. The van der Waals surface area contributed by atoms with Crippen LogP contribution < -0.4 is 43.8 Å². The van der Waals surface area contributed by atoms with Crippen LogP contribution in [0, 0.1) is 5.41 Å².